The summed E-state index contributed by atoms with van der Waals surface area (Å²) in [5.41, 5.74) is 2.46. The van der Waals surface area contributed by atoms with Gasteiger partial charge in [0.15, 0.2) is 0 Å². The van der Waals surface area contributed by atoms with Gasteiger partial charge in [0.05, 0.1) is 11.2 Å². The molecule has 0 N–H and O–H groups in total. The highest BCUT2D eigenvalue weighted by Crippen LogP contribution is 2.31. The lowest BCUT2D eigenvalue weighted by molar-refractivity contribution is 0.503. The minimum atomic E-state index is -0.553. The molecular formula is C12H19N3O. The lowest BCUT2D eigenvalue weighted by Gasteiger charge is -2.18. The van der Waals surface area contributed by atoms with E-state index in [9.17, 15) is 4.79 Å². The van der Waals surface area contributed by atoms with Crippen molar-refractivity contribution in [1.82, 2.24) is 9.78 Å². The highest BCUT2D eigenvalue weighted by Gasteiger charge is 2.28. The summed E-state index contributed by atoms with van der Waals surface area (Å²) < 4.78 is 1.97. The van der Waals surface area contributed by atoms with E-state index >= 15 is 0 Å². The van der Waals surface area contributed by atoms with Crippen molar-refractivity contribution in [2.24, 2.45) is 4.99 Å². The normalized spacial score (nSPS) is 11.7. The average Bonchev–Trinajstić information content (AvgIpc) is 2.41. The van der Waals surface area contributed by atoms with Crippen molar-refractivity contribution < 1.29 is 4.79 Å². The molecule has 0 atom stereocenters. The zero-order valence-corrected chi connectivity index (χ0v) is 10.8. The Bertz CT molecular complexity index is 437. The van der Waals surface area contributed by atoms with Crippen molar-refractivity contribution in [2.75, 3.05) is 0 Å². The van der Waals surface area contributed by atoms with Crippen molar-refractivity contribution in [3.8, 4) is 0 Å². The molecule has 0 unspecified atom stereocenters. The number of rotatable bonds is 3. The third-order valence-electron chi connectivity index (χ3n) is 2.75. The molecule has 1 heterocycles. The summed E-state index contributed by atoms with van der Waals surface area (Å²) in [7, 11) is 0. The van der Waals surface area contributed by atoms with Crippen LogP contribution >= 0.6 is 0 Å². The second-order valence-electron chi connectivity index (χ2n) is 4.85. The smallest absolute Gasteiger partial charge is 0.235 e. The first-order valence-corrected chi connectivity index (χ1v) is 5.46. The summed E-state index contributed by atoms with van der Waals surface area (Å²) in [5, 5.41) is 4.49. The van der Waals surface area contributed by atoms with E-state index in [0.29, 0.717) is 6.04 Å². The molecule has 1 aromatic heterocycles. The fourth-order valence-corrected chi connectivity index (χ4v) is 2.22. The quantitative estimate of drug-likeness (QED) is 0.582. The first kappa shape index (κ1) is 12.7. The third kappa shape index (κ3) is 2.07. The summed E-state index contributed by atoms with van der Waals surface area (Å²) in [6.07, 6.45) is 1.64. The summed E-state index contributed by atoms with van der Waals surface area (Å²) in [5.74, 6) is 0. The zero-order valence-electron chi connectivity index (χ0n) is 10.8. The maximum Gasteiger partial charge on any atom is 0.235 e. The highest BCUT2D eigenvalue weighted by atomic mass is 16.1. The van der Waals surface area contributed by atoms with Crippen LogP contribution in [0.1, 0.15) is 50.7 Å². The molecule has 0 saturated carbocycles. The summed E-state index contributed by atoms with van der Waals surface area (Å²) in [6, 6.07) is 0.309. The van der Waals surface area contributed by atoms with Gasteiger partial charge in [-0.1, -0.05) is 0 Å². The van der Waals surface area contributed by atoms with Crippen LogP contribution in [0.3, 0.4) is 0 Å². The predicted molar refractivity (Wildman–Crippen MR) is 63.2 cm³/mol. The Hall–Kier alpha value is -1.41. The maximum absolute atomic E-state index is 10.4. The molecule has 0 radical (unpaired) electrons. The Labute approximate surface area is 96.4 Å². The van der Waals surface area contributed by atoms with Crippen LogP contribution in [0.15, 0.2) is 4.99 Å². The molecule has 0 amide bonds. The molecular weight excluding hydrogens is 202 g/mol. The fourth-order valence-electron chi connectivity index (χ4n) is 2.22. The molecule has 0 aliphatic carbocycles. The van der Waals surface area contributed by atoms with E-state index in [1.165, 1.54) is 0 Å². The van der Waals surface area contributed by atoms with E-state index in [1.54, 1.807) is 6.08 Å². The topological polar surface area (TPSA) is 47.2 Å². The van der Waals surface area contributed by atoms with Crippen LogP contribution in [0.25, 0.3) is 0 Å². The van der Waals surface area contributed by atoms with E-state index in [1.807, 2.05) is 32.4 Å². The second-order valence-corrected chi connectivity index (χ2v) is 4.85. The van der Waals surface area contributed by atoms with Crippen molar-refractivity contribution in [3.63, 3.8) is 0 Å². The molecule has 4 heteroatoms. The molecule has 0 saturated heterocycles. The van der Waals surface area contributed by atoms with Gasteiger partial charge in [-0.05, 0) is 41.5 Å². The van der Waals surface area contributed by atoms with E-state index in [2.05, 4.69) is 23.9 Å². The third-order valence-corrected chi connectivity index (χ3v) is 2.75. The molecule has 0 fully saturated rings. The molecule has 16 heavy (non-hydrogen) atoms. The van der Waals surface area contributed by atoms with Gasteiger partial charge in [0.25, 0.3) is 0 Å². The molecule has 4 nitrogen and oxygen atoms in total. The summed E-state index contributed by atoms with van der Waals surface area (Å²) in [6.45, 7) is 11.9. The number of carbonyl (C=O) groups excluding carboxylic acids is 1. The van der Waals surface area contributed by atoms with Crippen LogP contribution in [-0.4, -0.2) is 15.9 Å². The van der Waals surface area contributed by atoms with Crippen LogP contribution < -0.4 is 0 Å². The van der Waals surface area contributed by atoms with Gasteiger partial charge in [0, 0.05) is 17.3 Å². The Morgan fingerprint density at radius 1 is 1.38 bits per heavy atom. The standard InChI is InChI=1S/C12H19N3O/c1-8(2)15-10(4)11(9(3)14-15)12(5,6)13-7-16/h8H,1-6H3. The number of aromatic nitrogens is 2. The van der Waals surface area contributed by atoms with Crippen LogP contribution in [0.5, 0.6) is 0 Å². The zero-order chi connectivity index (χ0) is 12.5. The predicted octanol–water partition coefficient (Wildman–Crippen LogP) is 2.65. The molecule has 0 aromatic carbocycles. The summed E-state index contributed by atoms with van der Waals surface area (Å²) >= 11 is 0. The largest absolute Gasteiger partial charge is 0.267 e. The minimum absolute atomic E-state index is 0.309. The van der Waals surface area contributed by atoms with Gasteiger partial charge in [-0.2, -0.15) is 10.1 Å². The lowest BCUT2D eigenvalue weighted by Crippen LogP contribution is -2.16. The number of nitrogens with zero attached hydrogens (tertiary/aromatic N) is 3. The van der Waals surface area contributed by atoms with Gasteiger partial charge in [-0.15, -0.1) is 0 Å². The number of aliphatic imine (C=N–C) groups is 1. The molecule has 1 aromatic rings. The van der Waals surface area contributed by atoms with E-state index in [0.717, 1.165) is 17.0 Å². The number of hydrogen-bond donors (Lipinski definition) is 0. The van der Waals surface area contributed by atoms with E-state index in [4.69, 9.17) is 0 Å². The SMILES string of the molecule is Cc1nn(C(C)C)c(C)c1C(C)(C)N=C=O. The number of hydrogen-bond acceptors (Lipinski definition) is 3. The van der Waals surface area contributed by atoms with Crippen LogP contribution in [0, 0.1) is 13.8 Å². The van der Waals surface area contributed by atoms with Crippen molar-refractivity contribution in [2.45, 2.75) is 53.1 Å². The molecule has 0 bridgehead atoms. The second kappa shape index (κ2) is 4.22. The van der Waals surface area contributed by atoms with Gasteiger partial charge in [-0.25, -0.2) is 4.79 Å². The highest BCUT2D eigenvalue weighted by molar-refractivity contribution is 5.40. The van der Waals surface area contributed by atoms with Gasteiger partial charge in [0.2, 0.25) is 6.08 Å². The number of isocyanates is 1. The molecule has 0 aliphatic heterocycles. The first-order valence-electron chi connectivity index (χ1n) is 5.46. The van der Waals surface area contributed by atoms with Crippen LogP contribution in [-0.2, 0) is 10.3 Å². The maximum atomic E-state index is 10.4. The molecule has 0 aliphatic rings. The van der Waals surface area contributed by atoms with Crippen LogP contribution in [0.2, 0.25) is 0 Å². The Balaban J connectivity index is 3.40. The average molecular weight is 221 g/mol. The van der Waals surface area contributed by atoms with Gasteiger partial charge >= 0.3 is 0 Å². The van der Waals surface area contributed by atoms with Gasteiger partial charge in [-0.3, -0.25) is 4.68 Å². The summed E-state index contributed by atoms with van der Waals surface area (Å²) in [4.78, 5) is 14.3. The minimum Gasteiger partial charge on any atom is -0.267 e. The first-order chi connectivity index (χ1) is 7.31. The molecule has 1 rings (SSSR count). The van der Waals surface area contributed by atoms with Gasteiger partial charge in [0.1, 0.15) is 0 Å². The molecule has 0 spiro atoms. The molecule has 88 valence electrons. The van der Waals surface area contributed by atoms with Crippen molar-refractivity contribution in [3.05, 3.63) is 17.0 Å². The van der Waals surface area contributed by atoms with Gasteiger partial charge < -0.3 is 0 Å². The van der Waals surface area contributed by atoms with Crippen molar-refractivity contribution >= 4 is 6.08 Å². The van der Waals surface area contributed by atoms with Crippen LogP contribution in [0.4, 0.5) is 0 Å². The lowest BCUT2D eigenvalue weighted by atomic mass is 9.93. The Morgan fingerprint density at radius 2 is 1.94 bits per heavy atom. The van der Waals surface area contributed by atoms with E-state index in [-0.39, 0.29) is 0 Å². The van der Waals surface area contributed by atoms with Crippen molar-refractivity contribution in [1.29, 1.82) is 0 Å². The Morgan fingerprint density at radius 3 is 2.31 bits per heavy atom. The monoisotopic (exact) mass is 221 g/mol. The number of aryl methyl sites for hydroxylation is 1. The Kier molecular flexibility index (Phi) is 3.34. The van der Waals surface area contributed by atoms with E-state index < -0.39 is 5.54 Å². The fraction of sp³-hybridized carbons (Fsp3) is 0.667.